The molecule has 114 valence electrons. The van der Waals surface area contributed by atoms with E-state index >= 15 is 0 Å². The van der Waals surface area contributed by atoms with Crippen LogP contribution in [0.2, 0.25) is 0 Å². The average Bonchev–Trinajstić information content (AvgIpc) is 3.13. The van der Waals surface area contributed by atoms with Crippen molar-refractivity contribution in [3.63, 3.8) is 0 Å². The lowest BCUT2D eigenvalue weighted by Crippen LogP contribution is -2.43. The lowest BCUT2D eigenvalue weighted by Gasteiger charge is -2.21. The Kier molecular flexibility index (Phi) is 4.98. The molecule has 21 heavy (non-hydrogen) atoms. The number of rotatable bonds is 6. The first-order valence-corrected chi connectivity index (χ1v) is 7.60. The fraction of sp³-hybridized carbons (Fsp3) is 0.429. The van der Waals surface area contributed by atoms with E-state index in [1.54, 1.807) is 30.4 Å². The van der Waals surface area contributed by atoms with E-state index in [0.717, 1.165) is 17.1 Å². The molecule has 2 heterocycles. The summed E-state index contributed by atoms with van der Waals surface area (Å²) >= 11 is 1.58. The van der Waals surface area contributed by atoms with E-state index in [4.69, 9.17) is 4.42 Å². The number of aryl methyl sites for hydroxylation is 1. The lowest BCUT2D eigenvalue weighted by molar-refractivity contribution is 0.0367. The number of carbonyl (C=O) groups excluding carboxylic acids is 1. The molecule has 2 aromatic rings. The van der Waals surface area contributed by atoms with Crippen LogP contribution in [0.15, 0.2) is 28.2 Å². The molecule has 0 saturated carbocycles. The summed E-state index contributed by atoms with van der Waals surface area (Å²) in [5, 5.41) is 18.5. The fourth-order valence-electron chi connectivity index (χ4n) is 1.75. The zero-order valence-corrected chi connectivity index (χ0v) is 12.9. The standard InChI is InChI=1S/C14H19N3O3S/c1-3-12-17-10(8-21-12)7-15-13(18)16-9-14(2,19)11-5-4-6-20-11/h4-6,8,19H,3,7,9H2,1-2H3,(H2,15,16,18). The lowest BCUT2D eigenvalue weighted by atomic mass is 10.0. The van der Waals surface area contributed by atoms with Crippen LogP contribution < -0.4 is 10.6 Å². The minimum absolute atomic E-state index is 0.0591. The van der Waals surface area contributed by atoms with Gasteiger partial charge in [0.05, 0.1) is 30.1 Å². The SMILES string of the molecule is CCc1nc(CNC(=O)NCC(C)(O)c2ccco2)cs1. The second kappa shape index (κ2) is 6.73. The van der Waals surface area contributed by atoms with Crippen LogP contribution >= 0.6 is 11.3 Å². The summed E-state index contributed by atoms with van der Waals surface area (Å²) in [4.78, 5) is 16.1. The Bertz CT molecular complexity index is 578. The molecule has 6 nitrogen and oxygen atoms in total. The first-order chi connectivity index (χ1) is 10.0. The molecule has 0 aliphatic carbocycles. The summed E-state index contributed by atoms with van der Waals surface area (Å²) in [5.74, 6) is 0.412. The van der Waals surface area contributed by atoms with Crippen molar-refractivity contribution in [3.05, 3.63) is 40.2 Å². The van der Waals surface area contributed by atoms with Crippen LogP contribution in [0.5, 0.6) is 0 Å². The maximum Gasteiger partial charge on any atom is 0.315 e. The van der Waals surface area contributed by atoms with Crippen molar-refractivity contribution < 1.29 is 14.3 Å². The van der Waals surface area contributed by atoms with E-state index in [0.29, 0.717) is 12.3 Å². The minimum Gasteiger partial charge on any atom is -0.466 e. The molecule has 0 fully saturated rings. The van der Waals surface area contributed by atoms with Gasteiger partial charge in [-0.15, -0.1) is 11.3 Å². The van der Waals surface area contributed by atoms with Crippen LogP contribution in [-0.4, -0.2) is 22.7 Å². The van der Waals surface area contributed by atoms with E-state index in [1.807, 2.05) is 12.3 Å². The first-order valence-electron chi connectivity index (χ1n) is 6.72. The number of carbonyl (C=O) groups is 1. The second-order valence-electron chi connectivity index (χ2n) is 4.87. The maximum absolute atomic E-state index is 11.7. The zero-order valence-electron chi connectivity index (χ0n) is 12.0. The number of aromatic nitrogens is 1. The van der Waals surface area contributed by atoms with Crippen molar-refractivity contribution in [1.29, 1.82) is 0 Å². The molecule has 0 saturated heterocycles. The van der Waals surface area contributed by atoms with Gasteiger partial charge in [-0.2, -0.15) is 0 Å². The predicted octanol–water partition coefficient (Wildman–Crippen LogP) is 2.01. The van der Waals surface area contributed by atoms with Crippen LogP contribution in [-0.2, 0) is 18.6 Å². The van der Waals surface area contributed by atoms with Crippen LogP contribution in [0.4, 0.5) is 4.79 Å². The largest absolute Gasteiger partial charge is 0.466 e. The van der Waals surface area contributed by atoms with Gasteiger partial charge in [-0.25, -0.2) is 9.78 Å². The smallest absolute Gasteiger partial charge is 0.315 e. The number of hydrogen-bond acceptors (Lipinski definition) is 5. The van der Waals surface area contributed by atoms with Crippen molar-refractivity contribution in [2.75, 3.05) is 6.54 Å². The molecule has 2 amide bonds. The Balaban J connectivity index is 1.77. The van der Waals surface area contributed by atoms with Crippen molar-refractivity contribution in [2.45, 2.75) is 32.4 Å². The van der Waals surface area contributed by atoms with Crippen molar-refractivity contribution in [2.24, 2.45) is 0 Å². The molecule has 1 atom stereocenters. The number of nitrogens with one attached hydrogen (secondary N) is 2. The molecule has 0 radical (unpaired) electrons. The molecule has 3 N–H and O–H groups in total. The quantitative estimate of drug-likeness (QED) is 0.761. The maximum atomic E-state index is 11.7. The van der Waals surface area contributed by atoms with Gasteiger partial charge in [0.1, 0.15) is 11.4 Å². The molecule has 0 spiro atoms. The van der Waals surface area contributed by atoms with Gasteiger partial charge in [0, 0.05) is 5.38 Å². The van der Waals surface area contributed by atoms with Gasteiger partial charge in [-0.1, -0.05) is 6.92 Å². The molecule has 0 bridgehead atoms. The van der Waals surface area contributed by atoms with Crippen molar-refractivity contribution in [3.8, 4) is 0 Å². The van der Waals surface area contributed by atoms with E-state index in [1.165, 1.54) is 6.26 Å². The summed E-state index contributed by atoms with van der Waals surface area (Å²) in [6.07, 6.45) is 2.38. The van der Waals surface area contributed by atoms with Crippen molar-refractivity contribution in [1.82, 2.24) is 15.6 Å². The Morgan fingerprint density at radius 1 is 1.52 bits per heavy atom. The monoisotopic (exact) mass is 309 g/mol. The van der Waals surface area contributed by atoms with Crippen LogP contribution in [0.1, 0.15) is 30.3 Å². The Hall–Kier alpha value is -1.86. The summed E-state index contributed by atoms with van der Waals surface area (Å²) in [6.45, 7) is 4.05. The normalized spacial score (nSPS) is 13.7. The number of urea groups is 1. The molecule has 0 aliphatic rings. The molecule has 2 rings (SSSR count). The number of nitrogens with zero attached hydrogens (tertiary/aromatic N) is 1. The first kappa shape index (κ1) is 15.5. The van der Waals surface area contributed by atoms with Crippen LogP contribution in [0, 0.1) is 0 Å². The third-order valence-corrected chi connectivity index (χ3v) is 4.02. The molecular formula is C14H19N3O3S. The zero-order chi connectivity index (χ0) is 15.3. The van der Waals surface area contributed by atoms with Gasteiger partial charge in [-0.3, -0.25) is 0 Å². The average molecular weight is 309 g/mol. The Labute approximate surface area is 127 Å². The molecular weight excluding hydrogens is 290 g/mol. The number of hydrogen-bond donors (Lipinski definition) is 3. The molecule has 0 aromatic carbocycles. The molecule has 0 aliphatic heterocycles. The van der Waals surface area contributed by atoms with E-state index < -0.39 is 5.60 Å². The summed E-state index contributed by atoms with van der Waals surface area (Å²) in [6, 6.07) is 3.01. The third-order valence-electron chi connectivity index (χ3n) is 2.98. The minimum atomic E-state index is -1.24. The third kappa shape index (κ3) is 4.30. The summed E-state index contributed by atoms with van der Waals surface area (Å²) in [5.41, 5.74) is -0.401. The summed E-state index contributed by atoms with van der Waals surface area (Å²) < 4.78 is 5.14. The highest BCUT2D eigenvalue weighted by atomic mass is 32.1. The van der Waals surface area contributed by atoms with Gasteiger partial charge in [0.25, 0.3) is 0 Å². The van der Waals surface area contributed by atoms with E-state index in [-0.39, 0.29) is 12.6 Å². The molecule has 2 aromatic heterocycles. The van der Waals surface area contributed by atoms with Crippen LogP contribution in [0.25, 0.3) is 0 Å². The molecule has 7 heteroatoms. The highest BCUT2D eigenvalue weighted by Gasteiger charge is 2.26. The highest BCUT2D eigenvalue weighted by Crippen LogP contribution is 2.19. The number of thiazole rings is 1. The van der Waals surface area contributed by atoms with Crippen LogP contribution in [0.3, 0.4) is 0 Å². The van der Waals surface area contributed by atoms with Gasteiger partial charge in [0.15, 0.2) is 0 Å². The number of amides is 2. The van der Waals surface area contributed by atoms with E-state index in [2.05, 4.69) is 15.6 Å². The van der Waals surface area contributed by atoms with Gasteiger partial charge in [0.2, 0.25) is 0 Å². The van der Waals surface area contributed by atoms with Crippen molar-refractivity contribution >= 4 is 17.4 Å². The highest BCUT2D eigenvalue weighted by molar-refractivity contribution is 7.09. The number of furan rings is 1. The van der Waals surface area contributed by atoms with Gasteiger partial charge in [-0.05, 0) is 25.5 Å². The fourth-order valence-corrected chi connectivity index (χ4v) is 2.50. The van der Waals surface area contributed by atoms with Gasteiger partial charge < -0.3 is 20.2 Å². The second-order valence-corrected chi connectivity index (χ2v) is 5.82. The predicted molar refractivity (Wildman–Crippen MR) is 80.0 cm³/mol. The molecule has 1 unspecified atom stereocenters. The Morgan fingerprint density at radius 2 is 2.33 bits per heavy atom. The topological polar surface area (TPSA) is 87.4 Å². The van der Waals surface area contributed by atoms with Gasteiger partial charge >= 0.3 is 6.03 Å². The Morgan fingerprint density at radius 3 is 2.95 bits per heavy atom. The van der Waals surface area contributed by atoms with E-state index in [9.17, 15) is 9.90 Å². The summed E-state index contributed by atoms with van der Waals surface area (Å²) in [7, 11) is 0. The number of aliphatic hydroxyl groups is 1.